The van der Waals surface area contributed by atoms with Gasteiger partial charge in [-0.05, 0) is 12.5 Å². The van der Waals surface area contributed by atoms with Crippen LogP contribution in [0.4, 0.5) is 5.95 Å². The minimum atomic E-state index is 0. The van der Waals surface area contributed by atoms with Gasteiger partial charge in [0.15, 0.2) is 0 Å². The quantitative estimate of drug-likeness (QED) is 0.648. The molecular weight excluding hydrogens is 140 g/mol. The summed E-state index contributed by atoms with van der Waals surface area (Å²) < 4.78 is 0. The molecule has 0 saturated carbocycles. The third kappa shape index (κ3) is 1.46. The Balaban J connectivity index is 0.000000605. The third-order valence-corrected chi connectivity index (χ3v) is 1.69. The zero-order chi connectivity index (χ0) is 6.81. The van der Waals surface area contributed by atoms with Gasteiger partial charge in [0.25, 0.3) is 0 Å². The van der Waals surface area contributed by atoms with Crippen LogP contribution in [0, 0.1) is 0 Å². The summed E-state index contributed by atoms with van der Waals surface area (Å²) in [6.07, 6.45) is 4.83. The molecule has 0 amide bonds. The lowest BCUT2D eigenvalue weighted by Crippen LogP contribution is -2.38. The summed E-state index contributed by atoms with van der Waals surface area (Å²) >= 11 is 0. The molecular formula is C7H12N4. The van der Waals surface area contributed by atoms with E-state index in [9.17, 15) is 0 Å². The highest BCUT2D eigenvalue weighted by atomic mass is 15.3. The van der Waals surface area contributed by atoms with Crippen LogP contribution in [0.15, 0.2) is 18.5 Å². The Kier molecular flexibility index (Phi) is 2.38. The molecule has 4 heteroatoms. The summed E-state index contributed by atoms with van der Waals surface area (Å²) in [5.74, 6) is 0.869. The molecule has 0 aromatic carbocycles. The predicted molar refractivity (Wildman–Crippen MR) is 43.9 cm³/mol. The molecule has 1 saturated heterocycles. The number of anilines is 1. The van der Waals surface area contributed by atoms with Gasteiger partial charge in [0.2, 0.25) is 5.95 Å². The van der Waals surface area contributed by atoms with Gasteiger partial charge < -0.3 is 11.1 Å². The van der Waals surface area contributed by atoms with Crippen LogP contribution in [0.3, 0.4) is 0 Å². The Morgan fingerprint density at radius 3 is 2.27 bits per heavy atom. The second-order valence-corrected chi connectivity index (χ2v) is 2.39. The molecule has 2 rings (SSSR count). The first-order valence-corrected chi connectivity index (χ1v) is 3.49. The molecule has 0 unspecified atom stereocenters. The van der Waals surface area contributed by atoms with Gasteiger partial charge in [0.1, 0.15) is 0 Å². The fraction of sp³-hybridized carbons (Fsp3) is 0.429. The Bertz CT molecular complexity index is 207. The standard InChI is InChI=1S/C7H9N3.H3N/c1-3-8-7(9-4-1)10-5-2-6-10;/h1,3-4H,2,5-6H2;1H3. The van der Waals surface area contributed by atoms with E-state index in [0.717, 1.165) is 19.0 Å². The van der Waals surface area contributed by atoms with Crippen molar-refractivity contribution in [1.29, 1.82) is 0 Å². The Hall–Kier alpha value is -1.16. The molecule has 11 heavy (non-hydrogen) atoms. The molecule has 2 heterocycles. The summed E-state index contributed by atoms with van der Waals surface area (Å²) in [5, 5.41) is 0. The van der Waals surface area contributed by atoms with Crippen molar-refractivity contribution in [2.45, 2.75) is 6.42 Å². The van der Waals surface area contributed by atoms with Crippen LogP contribution in [-0.4, -0.2) is 23.1 Å². The van der Waals surface area contributed by atoms with Gasteiger partial charge >= 0.3 is 0 Å². The largest absolute Gasteiger partial charge is 0.344 e. The molecule has 1 aliphatic heterocycles. The molecule has 1 fully saturated rings. The topological polar surface area (TPSA) is 64.0 Å². The van der Waals surface area contributed by atoms with E-state index in [2.05, 4.69) is 14.9 Å². The predicted octanol–water partition coefficient (Wildman–Crippen LogP) is 0.849. The normalized spacial score (nSPS) is 15.1. The maximum absolute atomic E-state index is 4.12. The molecule has 60 valence electrons. The molecule has 0 bridgehead atoms. The van der Waals surface area contributed by atoms with E-state index in [4.69, 9.17) is 0 Å². The lowest BCUT2D eigenvalue weighted by Gasteiger charge is -2.30. The van der Waals surface area contributed by atoms with Crippen LogP contribution >= 0.6 is 0 Å². The first kappa shape index (κ1) is 7.94. The number of nitrogens with zero attached hydrogens (tertiary/aromatic N) is 3. The van der Waals surface area contributed by atoms with E-state index in [0.29, 0.717) is 0 Å². The van der Waals surface area contributed by atoms with Crippen molar-refractivity contribution in [2.75, 3.05) is 18.0 Å². The summed E-state index contributed by atoms with van der Waals surface area (Å²) in [6.45, 7) is 2.23. The van der Waals surface area contributed by atoms with Crippen molar-refractivity contribution in [3.63, 3.8) is 0 Å². The van der Waals surface area contributed by atoms with Crippen molar-refractivity contribution in [2.24, 2.45) is 0 Å². The van der Waals surface area contributed by atoms with Gasteiger partial charge in [-0.25, -0.2) is 9.97 Å². The number of aromatic nitrogens is 2. The fourth-order valence-electron chi connectivity index (χ4n) is 0.971. The van der Waals surface area contributed by atoms with E-state index in [1.807, 2.05) is 6.07 Å². The molecule has 3 N–H and O–H groups in total. The van der Waals surface area contributed by atoms with Crippen LogP contribution in [0.2, 0.25) is 0 Å². The van der Waals surface area contributed by atoms with Crippen LogP contribution < -0.4 is 11.1 Å². The molecule has 0 aliphatic carbocycles. The summed E-state index contributed by atoms with van der Waals surface area (Å²) in [7, 11) is 0. The SMILES string of the molecule is N.c1cnc(N2CCC2)nc1. The average Bonchev–Trinajstić information content (AvgIpc) is 1.86. The van der Waals surface area contributed by atoms with Gasteiger partial charge in [-0.15, -0.1) is 0 Å². The average molecular weight is 152 g/mol. The van der Waals surface area contributed by atoms with Gasteiger partial charge in [-0.3, -0.25) is 0 Å². The highest BCUT2D eigenvalue weighted by Gasteiger charge is 2.15. The Morgan fingerprint density at radius 2 is 1.82 bits per heavy atom. The lowest BCUT2D eigenvalue weighted by atomic mass is 10.2. The van der Waals surface area contributed by atoms with Crippen LogP contribution in [-0.2, 0) is 0 Å². The van der Waals surface area contributed by atoms with Crippen molar-refractivity contribution < 1.29 is 0 Å². The van der Waals surface area contributed by atoms with E-state index >= 15 is 0 Å². The van der Waals surface area contributed by atoms with Crippen molar-refractivity contribution >= 4 is 5.95 Å². The van der Waals surface area contributed by atoms with Gasteiger partial charge in [0, 0.05) is 25.5 Å². The maximum Gasteiger partial charge on any atom is 0.225 e. The fourth-order valence-corrected chi connectivity index (χ4v) is 0.971. The zero-order valence-corrected chi connectivity index (χ0v) is 6.40. The molecule has 1 aromatic rings. The molecule has 1 aliphatic rings. The van der Waals surface area contributed by atoms with Crippen molar-refractivity contribution in [3.8, 4) is 0 Å². The maximum atomic E-state index is 4.12. The monoisotopic (exact) mass is 152 g/mol. The van der Waals surface area contributed by atoms with Crippen LogP contribution in [0.1, 0.15) is 6.42 Å². The Labute approximate surface area is 65.9 Å². The lowest BCUT2D eigenvalue weighted by molar-refractivity contribution is 0.600. The smallest absolute Gasteiger partial charge is 0.225 e. The Morgan fingerprint density at radius 1 is 1.18 bits per heavy atom. The van der Waals surface area contributed by atoms with Crippen LogP contribution in [0.5, 0.6) is 0 Å². The second-order valence-electron chi connectivity index (χ2n) is 2.39. The van der Waals surface area contributed by atoms with Crippen molar-refractivity contribution in [1.82, 2.24) is 16.1 Å². The second kappa shape index (κ2) is 3.30. The molecule has 0 atom stereocenters. The van der Waals surface area contributed by atoms with Crippen molar-refractivity contribution in [3.05, 3.63) is 18.5 Å². The van der Waals surface area contributed by atoms with Gasteiger partial charge in [-0.1, -0.05) is 0 Å². The van der Waals surface area contributed by atoms with E-state index < -0.39 is 0 Å². The molecule has 0 radical (unpaired) electrons. The minimum Gasteiger partial charge on any atom is -0.344 e. The summed E-state index contributed by atoms with van der Waals surface area (Å²) in [6, 6.07) is 1.84. The van der Waals surface area contributed by atoms with E-state index in [1.165, 1.54) is 6.42 Å². The third-order valence-electron chi connectivity index (χ3n) is 1.69. The molecule has 4 nitrogen and oxygen atoms in total. The first-order valence-electron chi connectivity index (χ1n) is 3.49. The highest BCUT2D eigenvalue weighted by molar-refractivity contribution is 5.31. The van der Waals surface area contributed by atoms with E-state index in [1.54, 1.807) is 12.4 Å². The highest BCUT2D eigenvalue weighted by Crippen LogP contribution is 2.12. The minimum absolute atomic E-state index is 0. The van der Waals surface area contributed by atoms with Crippen LogP contribution in [0.25, 0.3) is 0 Å². The molecule has 0 spiro atoms. The number of rotatable bonds is 1. The number of hydrogen-bond acceptors (Lipinski definition) is 4. The zero-order valence-electron chi connectivity index (χ0n) is 6.40. The molecule has 1 aromatic heterocycles. The van der Waals surface area contributed by atoms with Gasteiger partial charge in [0.05, 0.1) is 0 Å². The number of hydrogen-bond donors (Lipinski definition) is 1. The van der Waals surface area contributed by atoms with E-state index in [-0.39, 0.29) is 6.15 Å². The first-order chi connectivity index (χ1) is 4.97. The van der Waals surface area contributed by atoms with Gasteiger partial charge in [-0.2, -0.15) is 0 Å². The summed E-state index contributed by atoms with van der Waals surface area (Å²) in [4.78, 5) is 10.4. The summed E-state index contributed by atoms with van der Waals surface area (Å²) in [5.41, 5.74) is 0.